The molecule has 0 saturated heterocycles. The number of nitrogens with one attached hydrogen (secondary N) is 1. The quantitative estimate of drug-likeness (QED) is 0.305. The molecule has 1 aromatic rings. The van der Waals surface area contributed by atoms with Crippen LogP contribution in [0.1, 0.15) is 5.56 Å². The van der Waals surface area contributed by atoms with E-state index < -0.39 is 0 Å². The Morgan fingerprint density at radius 2 is 2.27 bits per heavy atom. The van der Waals surface area contributed by atoms with Crippen molar-refractivity contribution in [2.75, 3.05) is 5.43 Å². The minimum atomic E-state index is 0.279. The fraction of sp³-hybridized carbons (Fsp3) is 0.143. The summed E-state index contributed by atoms with van der Waals surface area (Å²) < 4.78 is 0. The minimum Gasteiger partial charge on any atom is -0.508 e. The maximum atomic E-state index is 9.23. The normalized spacial score (nSPS) is 9.64. The lowest BCUT2D eigenvalue weighted by atomic mass is 10.2. The molecule has 0 atom stereocenters. The average Bonchev–Trinajstić information content (AvgIpc) is 2.05. The van der Waals surface area contributed by atoms with Crippen LogP contribution in [0.2, 0.25) is 0 Å². The summed E-state index contributed by atoms with van der Waals surface area (Å²) in [4.78, 5) is 0. The third-order valence-electron chi connectivity index (χ3n) is 1.39. The Balaban J connectivity index is 3.02. The Labute approximate surface area is 73.3 Å². The van der Waals surface area contributed by atoms with Crippen molar-refractivity contribution >= 4 is 21.6 Å². The van der Waals surface area contributed by atoms with Crippen molar-refractivity contribution in [3.05, 3.63) is 23.8 Å². The van der Waals surface area contributed by atoms with Gasteiger partial charge in [0.05, 0.1) is 0 Å². The van der Waals surface area contributed by atoms with Crippen molar-refractivity contribution in [3.8, 4) is 5.75 Å². The molecular weight excluding hydrogens is 208 g/mol. The molecule has 0 aliphatic rings. The fourth-order valence-electron chi connectivity index (χ4n) is 0.782. The summed E-state index contributed by atoms with van der Waals surface area (Å²) in [6.07, 6.45) is 0. The molecule has 1 rings (SSSR count). The molecular formula is C7H9BrN2O. The first kappa shape index (κ1) is 8.36. The lowest BCUT2D eigenvalue weighted by Gasteiger charge is -2.03. The first-order valence-corrected chi connectivity index (χ1v) is 4.24. The number of hydrazine groups is 1. The number of phenols is 1. The van der Waals surface area contributed by atoms with Crippen LogP contribution in [0.15, 0.2) is 18.2 Å². The van der Waals surface area contributed by atoms with E-state index in [-0.39, 0.29) is 5.75 Å². The number of hydrogen-bond acceptors (Lipinski definition) is 3. The first-order chi connectivity index (χ1) is 5.27. The summed E-state index contributed by atoms with van der Waals surface area (Å²) in [6, 6.07) is 5.09. The van der Waals surface area contributed by atoms with Crippen LogP contribution in [0.5, 0.6) is 5.75 Å². The van der Waals surface area contributed by atoms with Crippen molar-refractivity contribution in [1.82, 2.24) is 0 Å². The number of rotatable bonds is 2. The van der Waals surface area contributed by atoms with E-state index in [0.717, 1.165) is 11.3 Å². The van der Waals surface area contributed by atoms with Crippen molar-refractivity contribution < 1.29 is 5.11 Å². The summed E-state index contributed by atoms with van der Waals surface area (Å²) in [5, 5.41) is 9.85. The van der Waals surface area contributed by atoms with Crippen LogP contribution in [0, 0.1) is 0 Å². The molecule has 0 aliphatic carbocycles. The van der Waals surface area contributed by atoms with E-state index in [1.165, 1.54) is 0 Å². The van der Waals surface area contributed by atoms with Crippen molar-refractivity contribution in [3.63, 3.8) is 0 Å². The number of benzene rings is 1. The second-order valence-electron chi connectivity index (χ2n) is 2.12. The van der Waals surface area contributed by atoms with Crippen LogP contribution in [-0.2, 0) is 5.33 Å². The van der Waals surface area contributed by atoms with Gasteiger partial charge in [-0.3, -0.25) is 5.84 Å². The zero-order chi connectivity index (χ0) is 8.27. The van der Waals surface area contributed by atoms with Gasteiger partial charge in [-0.15, -0.1) is 0 Å². The predicted molar refractivity (Wildman–Crippen MR) is 48.5 cm³/mol. The van der Waals surface area contributed by atoms with E-state index in [1.54, 1.807) is 18.2 Å². The zero-order valence-corrected chi connectivity index (χ0v) is 7.43. The maximum absolute atomic E-state index is 9.23. The number of nitrogens with two attached hydrogens (primary N) is 1. The molecule has 0 aliphatic heterocycles. The van der Waals surface area contributed by atoms with Gasteiger partial charge in [-0.2, -0.15) is 0 Å². The fourth-order valence-corrected chi connectivity index (χ4v) is 1.23. The molecule has 60 valence electrons. The van der Waals surface area contributed by atoms with Crippen LogP contribution < -0.4 is 11.3 Å². The molecule has 3 nitrogen and oxygen atoms in total. The van der Waals surface area contributed by atoms with Crippen LogP contribution in [0.25, 0.3) is 0 Å². The smallest absolute Gasteiger partial charge is 0.119 e. The van der Waals surface area contributed by atoms with Gasteiger partial charge >= 0.3 is 0 Å². The number of halogens is 1. The summed E-state index contributed by atoms with van der Waals surface area (Å²) in [6.45, 7) is 0. The van der Waals surface area contributed by atoms with Gasteiger partial charge in [0.2, 0.25) is 0 Å². The third-order valence-corrected chi connectivity index (χ3v) is 1.99. The van der Waals surface area contributed by atoms with Crippen LogP contribution in [0.3, 0.4) is 0 Å². The molecule has 1 aromatic carbocycles. The largest absolute Gasteiger partial charge is 0.508 e. The Morgan fingerprint density at radius 1 is 1.55 bits per heavy atom. The highest BCUT2D eigenvalue weighted by Gasteiger charge is 1.99. The second kappa shape index (κ2) is 3.59. The van der Waals surface area contributed by atoms with E-state index in [2.05, 4.69) is 21.4 Å². The van der Waals surface area contributed by atoms with Gasteiger partial charge in [0.1, 0.15) is 5.75 Å². The lowest BCUT2D eigenvalue weighted by molar-refractivity contribution is 0.471. The lowest BCUT2D eigenvalue weighted by Crippen LogP contribution is -2.06. The Bertz CT molecular complexity index is 252. The van der Waals surface area contributed by atoms with Gasteiger partial charge < -0.3 is 10.5 Å². The van der Waals surface area contributed by atoms with E-state index >= 15 is 0 Å². The molecule has 0 saturated carbocycles. The highest BCUT2D eigenvalue weighted by molar-refractivity contribution is 9.08. The molecule has 11 heavy (non-hydrogen) atoms. The summed E-state index contributed by atoms with van der Waals surface area (Å²) in [5.41, 5.74) is 4.11. The highest BCUT2D eigenvalue weighted by atomic mass is 79.9. The van der Waals surface area contributed by atoms with Gasteiger partial charge in [-0.1, -0.05) is 15.9 Å². The van der Waals surface area contributed by atoms with Crippen molar-refractivity contribution in [1.29, 1.82) is 0 Å². The summed E-state index contributed by atoms with van der Waals surface area (Å²) in [7, 11) is 0. The Hall–Kier alpha value is -0.740. The van der Waals surface area contributed by atoms with Gasteiger partial charge in [-0.25, -0.2) is 0 Å². The summed E-state index contributed by atoms with van der Waals surface area (Å²) in [5.74, 6) is 5.46. The van der Waals surface area contributed by atoms with Gasteiger partial charge in [-0.05, 0) is 18.2 Å². The second-order valence-corrected chi connectivity index (χ2v) is 2.68. The first-order valence-electron chi connectivity index (χ1n) is 3.12. The molecule has 0 radical (unpaired) electrons. The Morgan fingerprint density at radius 3 is 2.82 bits per heavy atom. The van der Waals surface area contributed by atoms with E-state index in [4.69, 9.17) is 5.84 Å². The molecule has 0 unspecified atom stereocenters. The molecule has 0 spiro atoms. The topological polar surface area (TPSA) is 58.3 Å². The Kier molecular flexibility index (Phi) is 2.73. The van der Waals surface area contributed by atoms with Gasteiger partial charge in [0.15, 0.2) is 0 Å². The van der Waals surface area contributed by atoms with Crippen LogP contribution >= 0.6 is 15.9 Å². The average molecular weight is 217 g/mol. The van der Waals surface area contributed by atoms with Crippen LogP contribution in [0.4, 0.5) is 5.69 Å². The van der Waals surface area contributed by atoms with Crippen molar-refractivity contribution in [2.45, 2.75) is 5.33 Å². The minimum absolute atomic E-state index is 0.279. The molecule has 0 amide bonds. The number of hydrogen-bond donors (Lipinski definition) is 3. The molecule has 0 heterocycles. The van der Waals surface area contributed by atoms with E-state index in [1.807, 2.05) is 0 Å². The molecule has 0 fully saturated rings. The van der Waals surface area contributed by atoms with Crippen LogP contribution in [-0.4, -0.2) is 5.11 Å². The van der Waals surface area contributed by atoms with E-state index in [9.17, 15) is 5.11 Å². The third kappa shape index (κ3) is 1.85. The zero-order valence-electron chi connectivity index (χ0n) is 5.84. The number of phenolic OH excluding ortho intramolecular Hbond substituents is 1. The molecule has 4 heteroatoms. The van der Waals surface area contributed by atoms with Crippen molar-refractivity contribution in [2.24, 2.45) is 5.84 Å². The molecule has 0 bridgehead atoms. The number of aromatic hydroxyl groups is 1. The molecule has 4 N–H and O–H groups in total. The van der Waals surface area contributed by atoms with Gasteiger partial charge in [0, 0.05) is 16.6 Å². The standard InChI is InChI=1S/C7H9BrN2O/c8-4-5-3-6(10-9)1-2-7(5)11/h1-3,10-11H,4,9H2. The number of nitrogen functional groups attached to an aromatic ring is 1. The van der Waals surface area contributed by atoms with E-state index in [0.29, 0.717) is 5.33 Å². The SMILES string of the molecule is NNc1ccc(O)c(CBr)c1. The highest BCUT2D eigenvalue weighted by Crippen LogP contribution is 2.22. The van der Waals surface area contributed by atoms with Gasteiger partial charge in [0.25, 0.3) is 0 Å². The number of alkyl halides is 1. The maximum Gasteiger partial charge on any atom is 0.119 e. The summed E-state index contributed by atoms with van der Waals surface area (Å²) >= 11 is 3.24. The number of anilines is 1. The monoisotopic (exact) mass is 216 g/mol. The predicted octanol–water partition coefficient (Wildman–Crippen LogP) is 1.57. The molecule has 0 aromatic heterocycles.